The number of nitrogens with zero attached hydrogens (tertiary/aromatic N) is 2. The number of ether oxygens (including phenoxy) is 3. The van der Waals surface area contributed by atoms with Crippen LogP contribution in [0.4, 0.5) is 8.78 Å². The number of benzene rings is 1. The van der Waals surface area contributed by atoms with Crippen LogP contribution >= 0.6 is 22.9 Å². The Kier molecular flexibility index (Phi) is 10.2. The molecule has 1 fully saturated rings. The number of halogens is 3. The molecule has 216 valence electrons. The van der Waals surface area contributed by atoms with E-state index in [1.54, 1.807) is 18.7 Å². The first-order chi connectivity index (χ1) is 19.2. The highest BCUT2D eigenvalue weighted by atomic mass is 35.5. The van der Waals surface area contributed by atoms with Crippen molar-refractivity contribution < 1.29 is 32.6 Å². The Morgan fingerprint density at radius 1 is 1.23 bits per heavy atom. The van der Waals surface area contributed by atoms with Gasteiger partial charge in [-0.15, -0.1) is 11.3 Å². The smallest absolute Gasteiger partial charge is 0.338 e. The molecule has 0 radical (unpaired) electrons. The third kappa shape index (κ3) is 6.85. The predicted octanol–water partition coefficient (Wildman–Crippen LogP) is 4.32. The number of esters is 2. The van der Waals surface area contributed by atoms with Gasteiger partial charge >= 0.3 is 11.9 Å². The third-order valence-corrected chi connectivity index (χ3v) is 8.09. The van der Waals surface area contributed by atoms with Crippen molar-refractivity contribution in [1.82, 2.24) is 15.6 Å². The molecular formula is C27H31ClF2N4O5S. The van der Waals surface area contributed by atoms with Crippen LogP contribution in [0.5, 0.6) is 0 Å². The predicted molar refractivity (Wildman–Crippen MR) is 146 cm³/mol. The Morgan fingerprint density at radius 3 is 2.60 bits per heavy atom. The molecule has 9 nitrogen and oxygen atoms in total. The largest absolute Gasteiger partial charge is 0.466 e. The van der Waals surface area contributed by atoms with Crippen molar-refractivity contribution in [2.75, 3.05) is 27.4 Å². The first-order valence-corrected chi connectivity index (χ1v) is 14.1. The van der Waals surface area contributed by atoms with E-state index >= 15 is 0 Å². The fraction of sp³-hybridized carbons (Fsp3) is 0.481. The van der Waals surface area contributed by atoms with Crippen molar-refractivity contribution in [2.45, 2.75) is 50.8 Å². The molecule has 0 bridgehead atoms. The number of nitrogens with one attached hydrogen (secondary N) is 2. The van der Waals surface area contributed by atoms with E-state index in [2.05, 4.69) is 20.6 Å². The zero-order chi connectivity index (χ0) is 28.8. The first kappa shape index (κ1) is 30.0. The Bertz CT molecular complexity index is 1280. The zero-order valence-electron chi connectivity index (χ0n) is 22.3. The number of methoxy groups -OCH3 is 2. The van der Waals surface area contributed by atoms with E-state index in [1.807, 2.05) is 0 Å². The molecule has 40 heavy (non-hydrogen) atoms. The quantitative estimate of drug-likeness (QED) is 0.308. The molecule has 2 atom stereocenters. The zero-order valence-corrected chi connectivity index (χ0v) is 23.9. The highest BCUT2D eigenvalue weighted by Crippen LogP contribution is 2.41. The number of amidine groups is 1. The minimum absolute atomic E-state index is 0.0765. The van der Waals surface area contributed by atoms with E-state index < -0.39 is 34.8 Å². The van der Waals surface area contributed by atoms with Crippen LogP contribution in [0.2, 0.25) is 5.02 Å². The summed E-state index contributed by atoms with van der Waals surface area (Å²) < 4.78 is 44.0. The number of carbonyl (C=O) groups is 2. The van der Waals surface area contributed by atoms with E-state index in [4.69, 9.17) is 25.8 Å². The van der Waals surface area contributed by atoms with Gasteiger partial charge in [-0.25, -0.2) is 18.6 Å². The highest BCUT2D eigenvalue weighted by molar-refractivity contribution is 7.11. The van der Waals surface area contributed by atoms with Crippen LogP contribution in [0.3, 0.4) is 0 Å². The molecule has 13 heteroatoms. The third-order valence-electron chi connectivity index (χ3n) is 6.93. The monoisotopic (exact) mass is 596 g/mol. The average molecular weight is 597 g/mol. The van der Waals surface area contributed by atoms with Gasteiger partial charge in [-0.2, -0.15) is 0 Å². The molecule has 2 heterocycles. The number of hydrogen-bond acceptors (Lipinski definition) is 10. The topological polar surface area (TPSA) is 111 Å². The molecule has 1 saturated carbocycles. The SMILES string of the molecule is COC[C@H](CN[C@H]1CC[C@H](C2=C(C(=O)OC)C(c3ccc(F)c(F)c3Cl)N=C(c3nccs3)N2)CC1)OC(C)=O. The Balaban J connectivity index is 1.62. The number of aliphatic imine (C=N–C) groups is 1. The summed E-state index contributed by atoms with van der Waals surface area (Å²) in [6, 6.07) is 1.44. The Labute approximate surface area is 240 Å². The maximum Gasteiger partial charge on any atom is 0.338 e. The first-order valence-electron chi connectivity index (χ1n) is 12.8. The van der Waals surface area contributed by atoms with Crippen LogP contribution in [-0.2, 0) is 23.8 Å². The molecular weight excluding hydrogens is 566 g/mol. The molecule has 0 saturated heterocycles. The normalized spacial score (nSPS) is 21.9. The van der Waals surface area contributed by atoms with Gasteiger partial charge in [-0.3, -0.25) is 9.79 Å². The summed E-state index contributed by atoms with van der Waals surface area (Å²) in [6.45, 7) is 2.10. The summed E-state index contributed by atoms with van der Waals surface area (Å²) in [5, 5.41) is 8.69. The molecule has 2 aliphatic rings. The van der Waals surface area contributed by atoms with Gasteiger partial charge in [0.25, 0.3) is 0 Å². The second kappa shape index (κ2) is 13.6. The Hall–Kier alpha value is -2.93. The number of thiazole rings is 1. The van der Waals surface area contributed by atoms with Crippen LogP contribution in [0, 0.1) is 17.6 Å². The number of hydrogen-bond donors (Lipinski definition) is 2. The average Bonchev–Trinajstić information content (AvgIpc) is 3.49. The molecule has 1 aliphatic heterocycles. The van der Waals surface area contributed by atoms with Crippen LogP contribution in [0.1, 0.15) is 49.2 Å². The summed E-state index contributed by atoms with van der Waals surface area (Å²) in [7, 11) is 2.81. The fourth-order valence-electron chi connectivity index (χ4n) is 5.09. The van der Waals surface area contributed by atoms with Gasteiger partial charge in [0.15, 0.2) is 22.5 Å². The maximum atomic E-state index is 14.5. The van der Waals surface area contributed by atoms with Crippen molar-refractivity contribution in [3.8, 4) is 0 Å². The second-order valence-electron chi connectivity index (χ2n) is 9.57. The van der Waals surface area contributed by atoms with Gasteiger partial charge in [0.1, 0.15) is 12.1 Å². The summed E-state index contributed by atoms with van der Waals surface area (Å²) >= 11 is 7.60. The van der Waals surface area contributed by atoms with Crippen molar-refractivity contribution in [2.24, 2.45) is 10.9 Å². The van der Waals surface area contributed by atoms with Crippen LogP contribution in [0.15, 0.2) is 40.0 Å². The molecule has 1 aromatic heterocycles. The summed E-state index contributed by atoms with van der Waals surface area (Å²) in [5.74, 6) is -2.98. The highest BCUT2D eigenvalue weighted by Gasteiger charge is 2.38. The molecule has 2 N–H and O–H groups in total. The van der Waals surface area contributed by atoms with Crippen LogP contribution in [0.25, 0.3) is 0 Å². The summed E-state index contributed by atoms with van der Waals surface area (Å²) in [5.41, 5.74) is 0.953. The van der Waals surface area contributed by atoms with Crippen molar-refractivity contribution >= 4 is 40.7 Å². The molecule has 2 aromatic rings. The number of rotatable bonds is 10. The second-order valence-corrected chi connectivity index (χ2v) is 10.8. The minimum atomic E-state index is -1.21. The molecule has 0 spiro atoms. The van der Waals surface area contributed by atoms with Crippen molar-refractivity contribution in [3.05, 3.63) is 62.2 Å². The van der Waals surface area contributed by atoms with Gasteiger partial charge < -0.3 is 24.8 Å². The fourth-order valence-corrected chi connectivity index (χ4v) is 5.93. The lowest BCUT2D eigenvalue weighted by molar-refractivity contribution is -0.148. The maximum absolute atomic E-state index is 14.5. The van der Waals surface area contributed by atoms with Gasteiger partial charge in [0.2, 0.25) is 0 Å². The minimum Gasteiger partial charge on any atom is -0.466 e. The van der Waals surface area contributed by atoms with Crippen LogP contribution < -0.4 is 10.6 Å². The van der Waals surface area contributed by atoms with Gasteiger partial charge in [-0.1, -0.05) is 17.7 Å². The summed E-state index contributed by atoms with van der Waals surface area (Å²) in [6.07, 6.45) is 4.23. The molecule has 1 aromatic carbocycles. The number of aromatic nitrogens is 1. The van der Waals surface area contributed by atoms with Crippen molar-refractivity contribution in [3.63, 3.8) is 0 Å². The lowest BCUT2D eigenvalue weighted by atomic mass is 9.80. The number of carbonyl (C=O) groups excluding carboxylic acids is 2. The standard InChI is InChI=1S/C27H31ClF2N4O5S/c1-14(35)39-17(13-37-2)12-32-16-6-4-15(5-7-16)23-20(27(36)38-3)24(18-8-9-19(29)22(30)21(18)28)34-25(33-23)26-31-10-11-40-26/h8-11,15-17,24,32H,4-7,12-13H2,1-3H3,(H,33,34)/t15-,16-,17-,24?/m0/s1. The molecule has 1 unspecified atom stereocenters. The molecule has 0 amide bonds. The van der Waals surface area contributed by atoms with E-state index in [-0.39, 0.29) is 35.7 Å². The van der Waals surface area contributed by atoms with Gasteiger partial charge in [-0.05, 0) is 37.7 Å². The molecule has 4 rings (SSSR count). The van der Waals surface area contributed by atoms with Crippen molar-refractivity contribution in [1.29, 1.82) is 0 Å². The van der Waals surface area contributed by atoms with Crippen LogP contribution in [-0.4, -0.2) is 62.3 Å². The lowest BCUT2D eigenvalue weighted by Gasteiger charge is -2.35. The lowest BCUT2D eigenvalue weighted by Crippen LogP contribution is -2.43. The summed E-state index contributed by atoms with van der Waals surface area (Å²) in [4.78, 5) is 33.6. The van der Waals surface area contributed by atoms with E-state index in [0.29, 0.717) is 35.9 Å². The number of allylic oxidation sites excluding steroid dienone is 1. The van der Waals surface area contributed by atoms with E-state index in [0.717, 1.165) is 18.9 Å². The van der Waals surface area contributed by atoms with Gasteiger partial charge in [0, 0.05) is 49.5 Å². The van der Waals surface area contributed by atoms with E-state index in [1.165, 1.54) is 31.4 Å². The van der Waals surface area contributed by atoms with E-state index in [9.17, 15) is 18.4 Å². The van der Waals surface area contributed by atoms with Gasteiger partial charge in [0.05, 0.1) is 24.3 Å². The molecule has 1 aliphatic carbocycles. The Morgan fingerprint density at radius 2 is 1.98 bits per heavy atom.